The van der Waals surface area contributed by atoms with Crippen molar-refractivity contribution in [1.82, 2.24) is 4.90 Å². The molecule has 1 aromatic carbocycles. The van der Waals surface area contributed by atoms with E-state index in [-0.39, 0.29) is 0 Å². The van der Waals surface area contributed by atoms with E-state index in [2.05, 4.69) is 55.1 Å². The Morgan fingerprint density at radius 1 is 1.10 bits per heavy atom. The monoisotopic (exact) mass is 281 g/mol. The molecule has 0 amide bonds. The lowest BCUT2D eigenvalue weighted by Crippen LogP contribution is -2.02. The molecule has 0 radical (unpaired) electrons. The molecule has 1 fully saturated rings. The molecule has 2 aromatic rings. The molecule has 2 heterocycles. The number of furan rings is 1. The van der Waals surface area contributed by atoms with Crippen LogP contribution in [0.25, 0.3) is 0 Å². The zero-order valence-electron chi connectivity index (χ0n) is 12.9. The Hall–Kier alpha value is -1.96. The van der Waals surface area contributed by atoms with Crippen molar-refractivity contribution in [1.29, 1.82) is 0 Å². The average molecular weight is 281 g/mol. The smallest absolute Gasteiger partial charge is 0.103 e. The Morgan fingerprint density at radius 2 is 1.90 bits per heavy atom. The van der Waals surface area contributed by atoms with Crippen LogP contribution in [-0.4, -0.2) is 10.9 Å². The molecule has 0 aliphatic carbocycles. The maximum absolute atomic E-state index is 5.41. The Morgan fingerprint density at radius 3 is 2.57 bits per heavy atom. The summed E-state index contributed by atoms with van der Waals surface area (Å²) in [4.78, 5) is 2.53. The first-order valence-electron chi connectivity index (χ1n) is 7.76. The standard InChI is InChI=1S/C19H23NO/c1-15(2)19-18(12-6-10-17-11-7-13-21-17)20(19)14-16-8-4-3-5-9-16/h3-5,7-9,11,13,18H,6,10,12,14H2,1-2H3/t18-,20?/m1/s1. The Kier molecular flexibility index (Phi) is 4.14. The highest BCUT2D eigenvalue weighted by molar-refractivity contribution is 5.32. The normalized spacial score (nSPS) is 17.1. The van der Waals surface area contributed by atoms with Gasteiger partial charge in [-0.05, 0) is 44.4 Å². The minimum atomic E-state index is 0.630. The number of hydrogen-bond acceptors (Lipinski definition) is 2. The van der Waals surface area contributed by atoms with E-state index in [9.17, 15) is 0 Å². The van der Waals surface area contributed by atoms with Gasteiger partial charge in [0.1, 0.15) is 5.76 Å². The summed E-state index contributed by atoms with van der Waals surface area (Å²) in [6, 6.07) is 15.4. The lowest BCUT2D eigenvalue weighted by atomic mass is 10.1. The van der Waals surface area contributed by atoms with Gasteiger partial charge in [-0.1, -0.05) is 35.9 Å². The van der Waals surface area contributed by atoms with Crippen LogP contribution in [0.4, 0.5) is 0 Å². The molecule has 1 aliphatic heterocycles. The second-order valence-electron chi connectivity index (χ2n) is 5.99. The number of nitrogens with zero attached hydrogens (tertiary/aromatic N) is 1. The van der Waals surface area contributed by atoms with Crippen molar-refractivity contribution < 1.29 is 4.42 Å². The van der Waals surface area contributed by atoms with Gasteiger partial charge in [-0.2, -0.15) is 0 Å². The topological polar surface area (TPSA) is 16.1 Å². The van der Waals surface area contributed by atoms with Crippen molar-refractivity contribution in [2.75, 3.05) is 0 Å². The van der Waals surface area contributed by atoms with Crippen molar-refractivity contribution in [3.63, 3.8) is 0 Å². The fraction of sp³-hybridized carbons (Fsp3) is 0.368. The molecule has 0 unspecified atom stereocenters. The fourth-order valence-electron chi connectivity index (χ4n) is 3.09. The maximum Gasteiger partial charge on any atom is 0.103 e. The fourth-order valence-corrected chi connectivity index (χ4v) is 3.09. The molecule has 1 saturated heterocycles. The number of rotatable bonds is 6. The number of hydrogen-bond donors (Lipinski definition) is 0. The summed E-state index contributed by atoms with van der Waals surface area (Å²) in [7, 11) is 0. The highest BCUT2D eigenvalue weighted by atomic mass is 16.3. The number of aryl methyl sites for hydroxylation is 1. The Balaban J connectivity index is 1.55. The van der Waals surface area contributed by atoms with E-state index >= 15 is 0 Å². The van der Waals surface area contributed by atoms with Gasteiger partial charge in [0, 0.05) is 18.7 Å². The van der Waals surface area contributed by atoms with Gasteiger partial charge in [0.15, 0.2) is 0 Å². The van der Waals surface area contributed by atoms with Gasteiger partial charge in [0.2, 0.25) is 0 Å². The first-order chi connectivity index (χ1) is 10.3. The predicted octanol–water partition coefficient (Wildman–Crippen LogP) is 4.78. The van der Waals surface area contributed by atoms with E-state index in [1.165, 1.54) is 24.0 Å². The largest absolute Gasteiger partial charge is 0.469 e. The lowest BCUT2D eigenvalue weighted by Gasteiger charge is -2.04. The number of benzene rings is 1. The summed E-state index contributed by atoms with van der Waals surface area (Å²) < 4.78 is 5.41. The van der Waals surface area contributed by atoms with Gasteiger partial charge in [-0.15, -0.1) is 0 Å². The van der Waals surface area contributed by atoms with E-state index in [1.807, 2.05) is 6.07 Å². The third-order valence-corrected chi connectivity index (χ3v) is 4.12. The Bertz CT molecular complexity index is 594. The molecular weight excluding hydrogens is 258 g/mol. The summed E-state index contributed by atoms with van der Waals surface area (Å²) in [6.45, 7) is 5.48. The average Bonchev–Trinajstić information content (AvgIpc) is 2.92. The molecule has 3 rings (SSSR count). The SMILES string of the molecule is CC(C)=C1[C@@H](CCCc2ccco2)N1Cc1ccccc1. The molecule has 0 bridgehead atoms. The molecule has 1 aliphatic rings. The van der Waals surface area contributed by atoms with E-state index < -0.39 is 0 Å². The van der Waals surface area contributed by atoms with Crippen molar-refractivity contribution in [3.8, 4) is 0 Å². The first-order valence-corrected chi connectivity index (χ1v) is 7.76. The van der Waals surface area contributed by atoms with Crippen LogP contribution >= 0.6 is 0 Å². The highest BCUT2D eigenvalue weighted by Gasteiger charge is 2.40. The van der Waals surface area contributed by atoms with Crippen LogP contribution in [-0.2, 0) is 13.0 Å². The summed E-state index contributed by atoms with van der Waals surface area (Å²) in [6.07, 6.45) is 5.20. The minimum Gasteiger partial charge on any atom is -0.469 e. The minimum absolute atomic E-state index is 0.630. The van der Waals surface area contributed by atoms with Crippen molar-refractivity contribution in [2.24, 2.45) is 0 Å². The Labute approximate surface area is 127 Å². The molecule has 0 saturated carbocycles. The lowest BCUT2D eigenvalue weighted by molar-refractivity contribution is 0.466. The van der Waals surface area contributed by atoms with Crippen LogP contribution in [0.15, 0.2) is 64.4 Å². The quantitative estimate of drug-likeness (QED) is 0.708. The molecule has 21 heavy (non-hydrogen) atoms. The summed E-state index contributed by atoms with van der Waals surface area (Å²) >= 11 is 0. The second kappa shape index (κ2) is 6.21. The predicted molar refractivity (Wildman–Crippen MR) is 85.8 cm³/mol. The van der Waals surface area contributed by atoms with E-state index in [0.29, 0.717) is 6.04 Å². The molecular formula is C19H23NO. The van der Waals surface area contributed by atoms with E-state index in [1.54, 1.807) is 12.0 Å². The van der Waals surface area contributed by atoms with Crippen molar-refractivity contribution >= 4 is 0 Å². The molecule has 1 aromatic heterocycles. The summed E-state index contributed by atoms with van der Waals surface area (Å²) in [5, 5.41) is 0. The summed E-state index contributed by atoms with van der Waals surface area (Å²) in [5.74, 6) is 1.10. The van der Waals surface area contributed by atoms with Crippen LogP contribution < -0.4 is 0 Å². The van der Waals surface area contributed by atoms with Gasteiger partial charge in [-0.25, -0.2) is 0 Å². The molecule has 1 atom stereocenters. The summed E-state index contributed by atoms with van der Waals surface area (Å²) in [5.41, 5.74) is 4.39. The molecule has 0 N–H and O–H groups in total. The zero-order valence-corrected chi connectivity index (χ0v) is 12.9. The third-order valence-electron chi connectivity index (χ3n) is 4.12. The van der Waals surface area contributed by atoms with Crippen LogP contribution in [0.3, 0.4) is 0 Å². The molecule has 0 spiro atoms. The van der Waals surface area contributed by atoms with Gasteiger partial charge in [0.05, 0.1) is 12.3 Å². The molecule has 110 valence electrons. The van der Waals surface area contributed by atoms with Crippen LogP contribution in [0.2, 0.25) is 0 Å². The van der Waals surface area contributed by atoms with Gasteiger partial charge < -0.3 is 9.32 Å². The highest BCUT2D eigenvalue weighted by Crippen LogP contribution is 2.40. The van der Waals surface area contributed by atoms with Crippen LogP contribution in [0.5, 0.6) is 0 Å². The van der Waals surface area contributed by atoms with Gasteiger partial charge >= 0.3 is 0 Å². The van der Waals surface area contributed by atoms with Crippen LogP contribution in [0.1, 0.15) is 38.0 Å². The van der Waals surface area contributed by atoms with E-state index in [0.717, 1.165) is 18.7 Å². The van der Waals surface area contributed by atoms with Crippen molar-refractivity contribution in [3.05, 3.63) is 71.3 Å². The van der Waals surface area contributed by atoms with Gasteiger partial charge in [-0.3, -0.25) is 0 Å². The third kappa shape index (κ3) is 3.38. The maximum atomic E-state index is 5.41. The first kappa shape index (κ1) is 14.0. The van der Waals surface area contributed by atoms with Crippen LogP contribution in [0, 0.1) is 0 Å². The molecule has 2 heteroatoms. The van der Waals surface area contributed by atoms with Gasteiger partial charge in [0.25, 0.3) is 0 Å². The zero-order chi connectivity index (χ0) is 14.7. The molecule has 2 nitrogen and oxygen atoms in total. The van der Waals surface area contributed by atoms with E-state index in [4.69, 9.17) is 4.42 Å². The number of allylic oxidation sites excluding steroid dienone is 1. The van der Waals surface area contributed by atoms with Crippen molar-refractivity contribution in [2.45, 2.75) is 45.7 Å². The second-order valence-corrected chi connectivity index (χ2v) is 5.99.